The van der Waals surface area contributed by atoms with Crippen LogP contribution in [0.3, 0.4) is 0 Å². The molecule has 0 saturated carbocycles. The minimum atomic E-state index is -2.90. The molecule has 1 aliphatic heterocycles. The molecule has 0 bridgehead atoms. The van der Waals surface area contributed by atoms with Crippen molar-refractivity contribution in [3.8, 4) is 0 Å². The van der Waals surface area contributed by atoms with E-state index in [1.165, 1.54) is 6.33 Å². The Bertz CT molecular complexity index is 579. The average molecular weight is 363 g/mol. The number of rotatable bonds is 5. The quantitative estimate of drug-likeness (QED) is 0.858. The topological polar surface area (TPSA) is 75.2 Å². The van der Waals surface area contributed by atoms with E-state index in [1.54, 1.807) is 0 Å². The van der Waals surface area contributed by atoms with Gasteiger partial charge in [0.2, 0.25) is 0 Å². The Morgan fingerprint density at radius 1 is 1.50 bits per heavy atom. The zero-order valence-electron chi connectivity index (χ0n) is 11.6. The summed E-state index contributed by atoms with van der Waals surface area (Å²) in [7, 11) is -1.02. The molecule has 1 fully saturated rings. The lowest BCUT2D eigenvalue weighted by atomic mass is 10.2. The molecule has 112 valence electrons. The lowest BCUT2D eigenvalue weighted by molar-refractivity contribution is 0.600. The van der Waals surface area contributed by atoms with Crippen LogP contribution in [0.15, 0.2) is 10.8 Å². The van der Waals surface area contributed by atoms with Gasteiger partial charge in [-0.3, -0.25) is 0 Å². The first kappa shape index (κ1) is 15.5. The van der Waals surface area contributed by atoms with Gasteiger partial charge in [-0.1, -0.05) is 6.92 Å². The third-order valence-corrected chi connectivity index (χ3v) is 5.88. The van der Waals surface area contributed by atoms with E-state index in [4.69, 9.17) is 0 Å². The molecule has 1 aromatic heterocycles. The fourth-order valence-corrected chi connectivity index (χ4v) is 4.63. The maximum Gasteiger partial charge on any atom is 0.152 e. The van der Waals surface area contributed by atoms with Crippen LogP contribution in [0.4, 0.5) is 11.6 Å². The van der Waals surface area contributed by atoms with Crippen molar-refractivity contribution in [1.82, 2.24) is 9.97 Å². The highest BCUT2D eigenvalue weighted by atomic mass is 79.9. The van der Waals surface area contributed by atoms with Crippen LogP contribution in [-0.2, 0) is 9.84 Å². The van der Waals surface area contributed by atoms with Gasteiger partial charge in [0.25, 0.3) is 0 Å². The van der Waals surface area contributed by atoms with Crippen LogP contribution in [0.1, 0.15) is 19.8 Å². The Morgan fingerprint density at radius 2 is 2.25 bits per heavy atom. The van der Waals surface area contributed by atoms with E-state index in [0.717, 1.165) is 29.1 Å². The third-order valence-electron chi connectivity index (χ3n) is 3.40. The number of nitrogens with zero attached hydrogens (tertiary/aromatic N) is 3. The molecule has 1 saturated heterocycles. The summed E-state index contributed by atoms with van der Waals surface area (Å²) < 4.78 is 24.0. The highest BCUT2D eigenvalue weighted by Crippen LogP contribution is 2.31. The second-order valence-electron chi connectivity index (χ2n) is 4.95. The standard InChI is InChI=1S/C12H19BrN4O2S/c1-3-5-14-11-10(13)12(16-8-15-11)17(2)9-4-6-20(18,19)7-9/h8-9H,3-7H2,1-2H3,(H,14,15,16). The number of hydrogen-bond donors (Lipinski definition) is 1. The van der Waals surface area contributed by atoms with Crippen molar-refractivity contribution in [2.24, 2.45) is 0 Å². The summed E-state index contributed by atoms with van der Waals surface area (Å²) in [5.41, 5.74) is 0. The molecule has 1 atom stereocenters. The van der Waals surface area contributed by atoms with E-state index in [2.05, 4.69) is 38.1 Å². The van der Waals surface area contributed by atoms with Crippen molar-refractivity contribution >= 4 is 37.4 Å². The number of sulfone groups is 1. The molecular formula is C12H19BrN4O2S. The first-order valence-electron chi connectivity index (χ1n) is 6.62. The second-order valence-corrected chi connectivity index (χ2v) is 7.98. The van der Waals surface area contributed by atoms with Gasteiger partial charge in [-0.25, -0.2) is 18.4 Å². The van der Waals surface area contributed by atoms with Gasteiger partial charge in [0.15, 0.2) is 9.84 Å². The molecular weight excluding hydrogens is 344 g/mol. The lowest BCUT2D eigenvalue weighted by Crippen LogP contribution is -2.33. The van der Waals surface area contributed by atoms with Gasteiger partial charge in [-0.2, -0.15) is 0 Å². The SMILES string of the molecule is CCCNc1ncnc(N(C)C2CCS(=O)(=O)C2)c1Br. The molecule has 0 amide bonds. The van der Waals surface area contributed by atoms with Gasteiger partial charge in [-0.15, -0.1) is 0 Å². The Kier molecular flexibility index (Phi) is 4.85. The zero-order chi connectivity index (χ0) is 14.8. The lowest BCUT2D eigenvalue weighted by Gasteiger charge is -2.25. The van der Waals surface area contributed by atoms with E-state index in [9.17, 15) is 8.42 Å². The fraction of sp³-hybridized carbons (Fsp3) is 0.667. The molecule has 0 aromatic carbocycles. The third kappa shape index (κ3) is 3.41. The maximum absolute atomic E-state index is 11.6. The molecule has 20 heavy (non-hydrogen) atoms. The van der Waals surface area contributed by atoms with Crippen LogP contribution in [0.5, 0.6) is 0 Å². The van der Waals surface area contributed by atoms with E-state index in [1.807, 2.05) is 11.9 Å². The molecule has 2 heterocycles. The monoisotopic (exact) mass is 362 g/mol. The van der Waals surface area contributed by atoms with Crippen molar-refractivity contribution in [3.05, 3.63) is 10.8 Å². The van der Waals surface area contributed by atoms with Crippen LogP contribution in [0, 0.1) is 0 Å². The zero-order valence-corrected chi connectivity index (χ0v) is 14.0. The Balaban J connectivity index is 2.20. The van der Waals surface area contributed by atoms with Gasteiger partial charge in [-0.05, 0) is 28.8 Å². The van der Waals surface area contributed by atoms with Crippen LogP contribution < -0.4 is 10.2 Å². The Hall–Kier alpha value is -0.890. The van der Waals surface area contributed by atoms with Gasteiger partial charge >= 0.3 is 0 Å². The van der Waals surface area contributed by atoms with E-state index in [-0.39, 0.29) is 17.5 Å². The fourth-order valence-electron chi connectivity index (χ4n) is 2.23. The second kappa shape index (κ2) is 6.26. The van der Waals surface area contributed by atoms with Gasteiger partial charge in [0.05, 0.1) is 11.5 Å². The molecule has 1 aromatic rings. The van der Waals surface area contributed by atoms with E-state index < -0.39 is 9.84 Å². The first-order chi connectivity index (χ1) is 9.44. The minimum Gasteiger partial charge on any atom is -0.369 e. The number of nitrogens with one attached hydrogen (secondary N) is 1. The van der Waals surface area contributed by atoms with Gasteiger partial charge < -0.3 is 10.2 Å². The molecule has 1 unspecified atom stereocenters. The first-order valence-corrected chi connectivity index (χ1v) is 9.23. The molecule has 0 radical (unpaired) electrons. The molecule has 0 aliphatic carbocycles. The highest BCUT2D eigenvalue weighted by Gasteiger charge is 2.32. The van der Waals surface area contributed by atoms with E-state index >= 15 is 0 Å². The van der Waals surface area contributed by atoms with Crippen LogP contribution in [0.2, 0.25) is 0 Å². The predicted octanol–water partition coefficient (Wildman–Crippen LogP) is 1.68. The summed E-state index contributed by atoms with van der Waals surface area (Å²) in [4.78, 5) is 10.4. The van der Waals surface area contributed by atoms with Gasteiger partial charge in [0.1, 0.15) is 22.4 Å². The van der Waals surface area contributed by atoms with Crippen LogP contribution >= 0.6 is 15.9 Å². The largest absolute Gasteiger partial charge is 0.369 e. The van der Waals surface area contributed by atoms with Crippen molar-refractivity contribution in [1.29, 1.82) is 0 Å². The van der Waals surface area contributed by atoms with Crippen molar-refractivity contribution in [2.45, 2.75) is 25.8 Å². The minimum absolute atomic E-state index is 0.0229. The highest BCUT2D eigenvalue weighted by molar-refractivity contribution is 9.10. The summed E-state index contributed by atoms with van der Waals surface area (Å²) in [5.74, 6) is 1.91. The molecule has 6 nitrogen and oxygen atoms in total. The summed E-state index contributed by atoms with van der Waals surface area (Å²) in [6.45, 7) is 2.91. The molecule has 1 N–H and O–H groups in total. The van der Waals surface area contributed by atoms with Crippen LogP contribution in [-0.4, -0.2) is 49.5 Å². The number of hydrogen-bond acceptors (Lipinski definition) is 6. The summed E-state index contributed by atoms with van der Waals surface area (Å²) in [6, 6.07) is -0.0229. The molecule has 0 spiro atoms. The molecule has 2 rings (SSSR count). The maximum atomic E-state index is 11.6. The Labute approximate surface area is 128 Å². The van der Waals surface area contributed by atoms with Gasteiger partial charge in [0, 0.05) is 19.6 Å². The molecule has 1 aliphatic rings. The summed E-state index contributed by atoms with van der Waals surface area (Å²) in [6.07, 6.45) is 3.15. The number of halogens is 1. The van der Waals surface area contributed by atoms with Crippen molar-refractivity contribution in [2.75, 3.05) is 35.3 Å². The van der Waals surface area contributed by atoms with Crippen molar-refractivity contribution < 1.29 is 8.42 Å². The smallest absolute Gasteiger partial charge is 0.152 e. The van der Waals surface area contributed by atoms with Crippen LogP contribution in [0.25, 0.3) is 0 Å². The number of aromatic nitrogens is 2. The summed E-state index contributed by atoms with van der Waals surface area (Å²) >= 11 is 3.51. The van der Waals surface area contributed by atoms with Crippen molar-refractivity contribution in [3.63, 3.8) is 0 Å². The van der Waals surface area contributed by atoms with E-state index in [0.29, 0.717) is 6.42 Å². The molecule has 8 heteroatoms. The number of anilines is 2. The average Bonchev–Trinajstić information content (AvgIpc) is 2.77. The predicted molar refractivity (Wildman–Crippen MR) is 84.0 cm³/mol. The normalized spacial score (nSPS) is 20.9. The summed E-state index contributed by atoms with van der Waals surface area (Å²) in [5, 5.41) is 3.22. The Morgan fingerprint density at radius 3 is 2.85 bits per heavy atom.